The highest BCUT2D eigenvalue weighted by molar-refractivity contribution is 6.00. The van der Waals surface area contributed by atoms with E-state index in [0.29, 0.717) is 18.2 Å². The van der Waals surface area contributed by atoms with Crippen LogP contribution in [0.5, 0.6) is 0 Å². The van der Waals surface area contributed by atoms with Crippen LogP contribution in [0.15, 0.2) is 24.3 Å². The van der Waals surface area contributed by atoms with Crippen molar-refractivity contribution in [2.45, 2.75) is 76.3 Å². The van der Waals surface area contributed by atoms with Crippen LogP contribution in [-0.2, 0) is 10.2 Å². The Morgan fingerprint density at radius 2 is 1.65 bits per heavy atom. The first-order valence-corrected chi connectivity index (χ1v) is 10.1. The van der Waals surface area contributed by atoms with Crippen LogP contribution in [0.1, 0.15) is 75.2 Å². The molecule has 3 aliphatic rings. The Balaban J connectivity index is 1.59. The number of hydrogen-bond acceptors (Lipinski definition) is 2. The Labute approximate surface area is 156 Å². The minimum absolute atomic E-state index is 0.0222. The Hall–Kier alpha value is -1.84. The smallest absolute Gasteiger partial charge is 0.254 e. The van der Waals surface area contributed by atoms with Crippen molar-refractivity contribution < 1.29 is 9.59 Å². The summed E-state index contributed by atoms with van der Waals surface area (Å²) in [7, 11) is 0. The first-order chi connectivity index (χ1) is 12.3. The molecule has 2 saturated heterocycles. The molecule has 2 heterocycles. The zero-order chi connectivity index (χ0) is 18.5. The van der Waals surface area contributed by atoms with E-state index < -0.39 is 5.54 Å². The van der Waals surface area contributed by atoms with Crippen LogP contribution in [0.3, 0.4) is 0 Å². The van der Waals surface area contributed by atoms with Gasteiger partial charge in [0.05, 0.1) is 0 Å². The number of nitrogens with zero attached hydrogens (tertiary/aromatic N) is 2. The van der Waals surface area contributed by atoms with Gasteiger partial charge in [-0.15, -0.1) is 0 Å². The Morgan fingerprint density at radius 3 is 2.23 bits per heavy atom. The summed E-state index contributed by atoms with van der Waals surface area (Å²) < 4.78 is 0. The second kappa shape index (κ2) is 6.11. The molecule has 26 heavy (non-hydrogen) atoms. The van der Waals surface area contributed by atoms with Crippen LogP contribution in [0.25, 0.3) is 0 Å². The highest BCUT2D eigenvalue weighted by Gasteiger charge is 2.54. The van der Waals surface area contributed by atoms with Crippen LogP contribution in [0.4, 0.5) is 0 Å². The molecule has 1 aliphatic carbocycles. The first kappa shape index (κ1) is 17.6. The van der Waals surface area contributed by atoms with Gasteiger partial charge < -0.3 is 9.80 Å². The molecule has 0 bridgehead atoms. The molecule has 2 aliphatic heterocycles. The predicted molar refractivity (Wildman–Crippen MR) is 102 cm³/mol. The van der Waals surface area contributed by atoms with Gasteiger partial charge >= 0.3 is 0 Å². The van der Waals surface area contributed by atoms with E-state index in [1.165, 1.54) is 5.56 Å². The fourth-order valence-electron chi connectivity index (χ4n) is 4.68. The summed E-state index contributed by atoms with van der Waals surface area (Å²) in [5.74, 6) is 0.234. The maximum atomic E-state index is 13.3. The summed E-state index contributed by atoms with van der Waals surface area (Å²) in [5, 5.41) is 0. The van der Waals surface area contributed by atoms with Crippen molar-refractivity contribution in [2.24, 2.45) is 0 Å². The van der Waals surface area contributed by atoms with Gasteiger partial charge in [0, 0.05) is 24.7 Å². The van der Waals surface area contributed by atoms with Crippen molar-refractivity contribution in [1.29, 1.82) is 0 Å². The molecule has 1 atom stereocenters. The molecule has 4 heteroatoms. The molecule has 2 amide bonds. The highest BCUT2D eigenvalue weighted by atomic mass is 16.2. The number of carbonyl (C=O) groups is 2. The lowest BCUT2D eigenvalue weighted by Gasteiger charge is -2.44. The van der Waals surface area contributed by atoms with Gasteiger partial charge in [-0.2, -0.15) is 0 Å². The van der Waals surface area contributed by atoms with Crippen molar-refractivity contribution in [2.75, 3.05) is 13.1 Å². The zero-order valence-electron chi connectivity index (χ0n) is 16.3. The van der Waals surface area contributed by atoms with E-state index in [2.05, 4.69) is 37.8 Å². The number of likely N-dealkylation sites (tertiary alicyclic amines) is 2. The number of carbonyl (C=O) groups excluding carboxylic acids is 2. The zero-order valence-corrected chi connectivity index (χ0v) is 16.3. The summed E-state index contributed by atoms with van der Waals surface area (Å²) in [6.07, 6.45) is 5.83. The maximum Gasteiger partial charge on any atom is 0.254 e. The lowest BCUT2D eigenvalue weighted by molar-refractivity contribution is -0.146. The van der Waals surface area contributed by atoms with Crippen LogP contribution in [-0.4, -0.2) is 46.3 Å². The summed E-state index contributed by atoms with van der Waals surface area (Å²) >= 11 is 0. The highest BCUT2D eigenvalue weighted by Crippen LogP contribution is 2.42. The molecular formula is C22H30N2O2. The van der Waals surface area contributed by atoms with Crippen molar-refractivity contribution >= 4 is 11.8 Å². The molecule has 1 saturated carbocycles. The second-order valence-electron chi connectivity index (χ2n) is 9.25. The van der Waals surface area contributed by atoms with Crippen LogP contribution in [0.2, 0.25) is 0 Å². The SMILES string of the molecule is CC(C)(C)c1ccc(C(=O)N2CCCC23CCCN(C2CC2)C3=O)cc1. The van der Waals surface area contributed by atoms with Gasteiger partial charge in [-0.3, -0.25) is 9.59 Å². The lowest BCUT2D eigenvalue weighted by Crippen LogP contribution is -2.61. The monoisotopic (exact) mass is 354 g/mol. The van der Waals surface area contributed by atoms with Gasteiger partial charge in [-0.05, 0) is 61.6 Å². The Morgan fingerprint density at radius 1 is 1.04 bits per heavy atom. The van der Waals surface area contributed by atoms with Crippen LogP contribution < -0.4 is 0 Å². The molecule has 0 aromatic heterocycles. The normalized spacial score (nSPS) is 26.7. The fraction of sp³-hybridized carbons (Fsp3) is 0.636. The minimum Gasteiger partial charge on any atom is -0.338 e. The standard InChI is InChI=1S/C22H30N2O2/c1-21(2,3)17-8-6-16(7-9-17)19(25)24-15-5-13-22(24)12-4-14-23(20(22)26)18-10-11-18/h6-9,18H,4-5,10-15H2,1-3H3. The molecule has 0 N–H and O–H groups in total. The quantitative estimate of drug-likeness (QED) is 0.812. The number of benzene rings is 1. The van der Waals surface area contributed by atoms with Crippen molar-refractivity contribution in [3.8, 4) is 0 Å². The predicted octanol–water partition coefficient (Wildman–Crippen LogP) is 3.74. The van der Waals surface area contributed by atoms with Gasteiger partial charge in [0.2, 0.25) is 5.91 Å². The summed E-state index contributed by atoms with van der Waals surface area (Å²) in [6, 6.07) is 8.40. The average Bonchev–Trinajstić information content (AvgIpc) is 3.37. The van der Waals surface area contributed by atoms with E-state index in [1.54, 1.807) is 0 Å². The second-order valence-corrected chi connectivity index (χ2v) is 9.25. The molecule has 1 spiro atoms. The first-order valence-electron chi connectivity index (χ1n) is 10.1. The van der Waals surface area contributed by atoms with E-state index >= 15 is 0 Å². The fourth-order valence-corrected chi connectivity index (χ4v) is 4.68. The minimum atomic E-state index is -0.583. The number of piperidine rings is 1. The molecule has 0 radical (unpaired) electrons. The topological polar surface area (TPSA) is 40.6 Å². The number of rotatable bonds is 2. The molecule has 1 unspecified atom stereocenters. The third-order valence-corrected chi connectivity index (χ3v) is 6.37. The molecule has 1 aromatic carbocycles. The summed E-state index contributed by atoms with van der Waals surface area (Å²) in [4.78, 5) is 30.5. The third kappa shape index (κ3) is 2.83. The number of amides is 2. The van der Waals surface area contributed by atoms with E-state index in [-0.39, 0.29) is 17.2 Å². The van der Waals surface area contributed by atoms with Crippen molar-refractivity contribution in [1.82, 2.24) is 9.80 Å². The van der Waals surface area contributed by atoms with Crippen molar-refractivity contribution in [3.05, 3.63) is 35.4 Å². The maximum absolute atomic E-state index is 13.3. The molecule has 140 valence electrons. The molecular weight excluding hydrogens is 324 g/mol. The lowest BCUT2D eigenvalue weighted by atomic mass is 9.84. The van der Waals surface area contributed by atoms with E-state index in [1.807, 2.05) is 17.0 Å². The summed E-state index contributed by atoms with van der Waals surface area (Å²) in [5.41, 5.74) is 1.41. The Kier molecular flexibility index (Phi) is 4.13. The number of hydrogen-bond donors (Lipinski definition) is 0. The largest absolute Gasteiger partial charge is 0.338 e. The molecule has 1 aromatic rings. The molecule has 4 rings (SSSR count). The molecule has 4 nitrogen and oxygen atoms in total. The average molecular weight is 354 g/mol. The van der Waals surface area contributed by atoms with Gasteiger partial charge in [0.25, 0.3) is 5.91 Å². The van der Waals surface area contributed by atoms with Crippen molar-refractivity contribution in [3.63, 3.8) is 0 Å². The van der Waals surface area contributed by atoms with E-state index in [0.717, 1.165) is 45.1 Å². The van der Waals surface area contributed by atoms with E-state index in [9.17, 15) is 9.59 Å². The molecule has 3 fully saturated rings. The van der Waals surface area contributed by atoms with Gasteiger partial charge in [-0.1, -0.05) is 32.9 Å². The van der Waals surface area contributed by atoms with Gasteiger partial charge in [-0.25, -0.2) is 0 Å². The Bertz CT molecular complexity index is 715. The van der Waals surface area contributed by atoms with E-state index in [4.69, 9.17) is 0 Å². The van der Waals surface area contributed by atoms with Gasteiger partial charge in [0.1, 0.15) is 5.54 Å². The van der Waals surface area contributed by atoms with Crippen LogP contribution in [0, 0.1) is 0 Å². The van der Waals surface area contributed by atoms with Gasteiger partial charge in [0.15, 0.2) is 0 Å². The third-order valence-electron chi connectivity index (χ3n) is 6.37. The van der Waals surface area contributed by atoms with Crippen LogP contribution >= 0.6 is 0 Å². The summed E-state index contributed by atoms with van der Waals surface area (Å²) in [6.45, 7) is 8.09.